The average Bonchev–Trinajstić information content (AvgIpc) is 2.83. The summed E-state index contributed by atoms with van der Waals surface area (Å²) in [4.78, 5) is 13.6. The van der Waals surface area contributed by atoms with Crippen LogP contribution >= 0.6 is 0 Å². The number of benzene rings is 4. The van der Waals surface area contributed by atoms with Gasteiger partial charge in [0, 0.05) is 18.2 Å². The molecule has 0 amide bonds. The van der Waals surface area contributed by atoms with Crippen LogP contribution in [-0.2, 0) is 26.3 Å². The highest BCUT2D eigenvalue weighted by Crippen LogP contribution is 2.40. The zero-order valence-corrected chi connectivity index (χ0v) is 17.9. The summed E-state index contributed by atoms with van der Waals surface area (Å²) in [5.41, 5.74) is 2.05. The molecule has 0 aliphatic heterocycles. The van der Waals surface area contributed by atoms with Gasteiger partial charge >= 0.3 is 5.97 Å². The monoisotopic (exact) mass is 410 g/mol. The molecule has 4 aromatic rings. The number of esters is 1. The summed E-state index contributed by atoms with van der Waals surface area (Å²) in [6.45, 7) is 1.81. The first-order valence-electron chi connectivity index (χ1n) is 10.9. The summed E-state index contributed by atoms with van der Waals surface area (Å²) in [7, 11) is 1.58. The van der Waals surface area contributed by atoms with Crippen LogP contribution in [0, 0.1) is 0 Å². The Labute approximate surface area is 182 Å². The molecule has 0 heterocycles. The van der Waals surface area contributed by atoms with Crippen LogP contribution < -0.4 is 0 Å². The van der Waals surface area contributed by atoms with Gasteiger partial charge in [0.05, 0.1) is 0 Å². The van der Waals surface area contributed by atoms with E-state index in [1.165, 1.54) is 16.3 Å². The Kier molecular flexibility index (Phi) is 4.99. The number of rotatable bonds is 4. The highest BCUT2D eigenvalue weighted by atomic mass is 16.6. The summed E-state index contributed by atoms with van der Waals surface area (Å²) < 4.78 is 12.1. The molecule has 3 heteroatoms. The zero-order chi connectivity index (χ0) is 21.4. The number of carbonyl (C=O) groups excluding carboxylic acids is 1. The Morgan fingerprint density at radius 2 is 1.55 bits per heavy atom. The van der Waals surface area contributed by atoms with Gasteiger partial charge in [-0.25, -0.2) is 4.79 Å². The molecular formula is C28H26O3. The standard InChI is InChI=1S/C28H26O3/c1-28(30-2,24-15-7-11-19-9-3-5-13-22(19)24)27(29)31-25-16-8-12-21-18-17-20-10-4-6-14-23(20)26(21)25/h3-7,9-11,13-15,17-18,25H,8,12,16H2,1-2H3/t25-,28+/m1/s1. The normalized spacial score (nSPS) is 17.8. The second-order valence-corrected chi connectivity index (χ2v) is 8.41. The van der Waals surface area contributed by atoms with Gasteiger partial charge in [0.15, 0.2) is 5.60 Å². The van der Waals surface area contributed by atoms with Gasteiger partial charge in [-0.2, -0.15) is 0 Å². The molecule has 0 bridgehead atoms. The molecule has 0 aromatic heterocycles. The molecule has 0 unspecified atom stereocenters. The molecule has 1 aliphatic carbocycles. The van der Waals surface area contributed by atoms with Gasteiger partial charge in [0.25, 0.3) is 0 Å². The first-order valence-corrected chi connectivity index (χ1v) is 10.9. The number of aryl methyl sites for hydroxylation is 1. The molecule has 0 saturated heterocycles. The summed E-state index contributed by atoms with van der Waals surface area (Å²) in [6, 6.07) is 26.7. The van der Waals surface area contributed by atoms with Crippen molar-refractivity contribution in [1.82, 2.24) is 0 Å². The number of methoxy groups -OCH3 is 1. The van der Waals surface area contributed by atoms with Gasteiger partial charge in [0.2, 0.25) is 0 Å². The van der Waals surface area contributed by atoms with Gasteiger partial charge < -0.3 is 9.47 Å². The number of fused-ring (bicyclic) bond motifs is 4. The molecular weight excluding hydrogens is 384 g/mol. The van der Waals surface area contributed by atoms with E-state index >= 15 is 0 Å². The van der Waals surface area contributed by atoms with E-state index in [1.807, 2.05) is 61.5 Å². The Hall–Kier alpha value is -3.17. The predicted octanol–water partition coefficient (Wildman–Crippen LogP) is 6.48. The lowest BCUT2D eigenvalue weighted by molar-refractivity contribution is -0.175. The predicted molar refractivity (Wildman–Crippen MR) is 124 cm³/mol. The third kappa shape index (κ3) is 3.30. The van der Waals surface area contributed by atoms with Crippen LogP contribution in [0.2, 0.25) is 0 Å². The van der Waals surface area contributed by atoms with Crippen LogP contribution in [0.25, 0.3) is 21.5 Å². The van der Waals surface area contributed by atoms with Gasteiger partial charge in [-0.15, -0.1) is 0 Å². The van der Waals surface area contributed by atoms with Gasteiger partial charge in [-0.05, 0) is 53.3 Å². The maximum Gasteiger partial charge on any atom is 0.343 e. The fourth-order valence-electron chi connectivity index (χ4n) is 4.87. The second-order valence-electron chi connectivity index (χ2n) is 8.41. The first-order chi connectivity index (χ1) is 15.1. The number of carbonyl (C=O) groups is 1. The van der Waals surface area contributed by atoms with Crippen molar-refractivity contribution in [3.63, 3.8) is 0 Å². The molecule has 31 heavy (non-hydrogen) atoms. The van der Waals surface area contributed by atoms with Crippen molar-refractivity contribution in [2.45, 2.75) is 37.9 Å². The third-order valence-electron chi connectivity index (χ3n) is 6.65. The number of hydrogen-bond acceptors (Lipinski definition) is 3. The highest BCUT2D eigenvalue weighted by Gasteiger charge is 2.40. The largest absolute Gasteiger partial charge is 0.455 e. The van der Waals surface area contributed by atoms with E-state index < -0.39 is 5.60 Å². The fourth-order valence-corrected chi connectivity index (χ4v) is 4.87. The lowest BCUT2D eigenvalue weighted by Crippen LogP contribution is -2.37. The van der Waals surface area contributed by atoms with Gasteiger partial charge in [0.1, 0.15) is 6.10 Å². The first kappa shape index (κ1) is 19.8. The van der Waals surface area contributed by atoms with E-state index in [9.17, 15) is 4.79 Å². The SMILES string of the molecule is CO[C@](C)(C(=O)O[C@@H]1CCCc2ccc3ccccc3c21)c1cccc2ccccc12. The van der Waals surface area contributed by atoms with Crippen molar-refractivity contribution in [2.24, 2.45) is 0 Å². The van der Waals surface area contributed by atoms with Gasteiger partial charge in [-0.1, -0.05) is 78.9 Å². The molecule has 2 atom stereocenters. The molecule has 0 N–H and O–H groups in total. The smallest absolute Gasteiger partial charge is 0.343 e. The maximum absolute atomic E-state index is 13.6. The van der Waals surface area contributed by atoms with Crippen LogP contribution in [-0.4, -0.2) is 13.1 Å². The fraction of sp³-hybridized carbons (Fsp3) is 0.250. The highest BCUT2D eigenvalue weighted by molar-refractivity contribution is 5.93. The zero-order valence-electron chi connectivity index (χ0n) is 17.9. The molecule has 0 spiro atoms. The molecule has 5 rings (SSSR count). The lowest BCUT2D eigenvalue weighted by atomic mass is 9.85. The Bertz CT molecular complexity index is 1270. The minimum Gasteiger partial charge on any atom is -0.455 e. The van der Waals surface area contributed by atoms with Gasteiger partial charge in [-0.3, -0.25) is 0 Å². The van der Waals surface area contributed by atoms with Crippen LogP contribution in [0.3, 0.4) is 0 Å². The molecule has 3 nitrogen and oxygen atoms in total. The van der Waals surface area contributed by atoms with Crippen LogP contribution in [0.4, 0.5) is 0 Å². The van der Waals surface area contributed by atoms with Crippen LogP contribution in [0.5, 0.6) is 0 Å². The van der Waals surface area contributed by atoms with E-state index in [-0.39, 0.29) is 12.1 Å². The van der Waals surface area contributed by atoms with Crippen molar-refractivity contribution >= 4 is 27.5 Å². The lowest BCUT2D eigenvalue weighted by Gasteiger charge is -2.32. The minimum atomic E-state index is -1.19. The quantitative estimate of drug-likeness (QED) is 0.361. The summed E-state index contributed by atoms with van der Waals surface area (Å²) in [6.07, 6.45) is 2.56. The summed E-state index contributed by atoms with van der Waals surface area (Å²) in [5, 5.41) is 4.42. The molecule has 1 aliphatic rings. The van der Waals surface area contributed by atoms with Crippen molar-refractivity contribution in [1.29, 1.82) is 0 Å². The molecule has 0 radical (unpaired) electrons. The maximum atomic E-state index is 13.6. The number of hydrogen-bond donors (Lipinski definition) is 0. The minimum absolute atomic E-state index is 0.271. The molecule has 0 fully saturated rings. The Morgan fingerprint density at radius 1 is 0.871 bits per heavy atom. The van der Waals surface area contributed by atoms with Crippen molar-refractivity contribution in [3.8, 4) is 0 Å². The molecule has 0 saturated carbocycles. The van der Waals surface area contributed by atoms with E-state index in [0.717, 1.165) is 41.2 Å². The number of ether oxygens (including phenoxy) is 2. The van der Waals surface area contributed by atoms with E-state index in [0.29, 0.717) is 0 Å². The summed E-state index contributed by atoms with van der Waals surface area (Å²) >= 11 is 0. The van der Waals surface area contributed by atoms with Crippen molar-refractivity contribution in [2.75, 3.05) is 7.11 Å². The third-order valence-corrected chi connectivity index (χ3v) is 6.65. The van der Waals surface area contributed by atoms with Crippen molar-refractivity contribution in [3.05, 3.63) is 95.6 Å². The van der Waals surface area contributed by atoms with E-state index in [2.05, 4.69) is 24.3 Å². The van der Waals surface area contributed by atoms with E-state index in [1.54, 1.807) is 7.11 Å². The Balaban J connectivity index is 1.55. The second kappa shape index (κ2) is 7.82. The molecule has 4 aromatic carbocycles. The average molecular weight is 411 g/mol. The summed E-state index contributed by atoms with van der Waals surface area (Å²) in [5.74, 6) is -0.350. The molecule has 156 valence electrons. The van der Waals surface area contributed by atoms with Crippen LogP contribution in [0.15, 0.2) is 78.9 Å². The van der Waals surface area contributed by atoms with Crippen molar-refractivity contribution < 1.29 is 14.3 Å². The van der Waals surface area contributed by atoms with Crippen LogP contribution in [0.1, 0.15) is 42.6 Å². The topological polar surface area (TPSA) is 35.5 Å². The van der Waals surface area contributed by atoms with E-state index in [4.69, 9.17) is 9.47 Å². The Morgan fingerprint density at radius 3 is 2.32 bits per heavy atom.